The van der Waals surface area contributed by atoms with E-state index in [-0.39, 0.29) is 0 Å². The minimum Gasteiger partial charge on any atom is -0.446 e. The summed E-state index contributed by atoms with van der Waals surface area (Å²) in [5.41, 5.74) is -0.955. The van der Waals surface area contributed by atoms with Crippen molar-refractivity contribution in [3.05, 3.63) is 18.4 Å². The zero-order chi connectivity index (χ0) is 6.91. The van der Waals surface area contributed by atoms with Gasteiger partial charge < -0.3 is 9.52 Å². The molecule has 0 radical (unpaired) electrons. The summed E-state index contributed by atoms with van der Waals surface area (Å²) in [5.74, 6) is 0.350. The van der Waals surface area contributed by atoms with Crippen molar-refractivity contribution in [2.75, 3.05) is 0 Å². The van der Waals surface area contributed by atoms with Crippen molar-refractivity contribution in [2.45, 2.75) is 19.4 Å². The van der Waals surface area contributed by atoms with Gasteiger partial charge in [0.15, 0.2) is 0 Å². The van der Waals surface area contributed by atoms with Gasteiger partial charge in [0.25, 0.3) is 0 Å². The Labute approximate surface area is 53.3 Å². The van der Waals surface area contributed by atoms with Crippen molar-refractivity contribution < 1.29 is 9.52 Å². The number of nitrogens with zero attached hydrogens (tertiary/aromatic N) is 1. The van der Waals surface area contributed by atoms with E-state index in [9.17, 15) is 5.11 Å². The van der Waals surface area contributed by atoms with Crippen molar-refractivity contribution in [1.29, 1.82) is 0 Å². The summed E-state index contributed by atoms with van der Waals surface area (Å²) < 4.78 is 4.84. The SMILES string of the molecule is CC(C)(O)c1ncco1. The lowest BCUT2D eigenvalue weighted by atomic mass is 10.1. The van der Waals surface area contributed by atoms with Crippen LogP contribution in [0.25, 0.3) is 0 Å². The average Bonchev–Trinajstić information content (AvgIpc) is 2.08. The van der Waals surface area contributed by atoms with Crippen LogP contribution in [0.5, 0.6) is 0 Å². The molecule has 1 aromatic heterocycles. The van der Waals surface area contributed by atoms with Crippen LogP contribution in [0.15, 0.2) is 16.9 Å². The largest absolute Gasteiger partial charge is 0.446 e. The molecule has 1 aromatic rings. The summed E-state index contributed by atoms with van der Waals surface area (Å²) in [7, 11) is 0. The normalized spacial score (nSPS) is 11.9. The van der Waals surface area contributed by atoms with Crippen LogP contribution in [0.1, 0.15) is 19.7 Å². The molecular formula is C6H9NO2. The molecule has 1 heterocycles. The predicted molar refractivity (Wildman–Crippen MR) is 31.7 cm³/mol. The van der Waals surface area contributed by atoms with Gasteiger partial charge in [-0.1, -0.05) is 0 Å². The smallest absolute Gasteiger partial charge is 0.225 e. The molecule has 0 aliphatic carbocycles. The second-order valence-corrected chi connectivity index (χ2v) is 2.40. The first kappa shape index (κ1) is 6.29. The summed E-state index contributed by atoms with van der Waals surface area (Å²) in [4.78, 5) is 3.77. The Morgan fingerprint density at radius 1 is 1.67 bits per heavy atom. The Morgan fingerprint density at radius 2 is 2.33 bits per heavy atom. The van der Waals surface area contributed by atoms with Crippen LogP contribution in [0.2, 0.25) is 0 Å². The fourth-order valence-corrected chi connectivity index (χ4v) is 0.526. The molecule has 0 aliphatic rings. The Hall–Kier alpha value is -0.830. The second kappa shape index (κ2) is 1.84. The molecule has 50 valence electrons. The second-order valence-electron chi connectivity index (χ2n) is 2.40. The van der Waals surface area contributed by atoms with Gasteiger partial charge in [-0.15, -0.1) is 0 Å². The van der Waals surface area contributed by atoms with E-state index in [2.05, 4.69) is 4.98 Å². The Morgan fingerprint density at radius 3 is 2.56 bits per heavy atom. The van der Waals surface area contributed by atoms with Crippen LogP contribution in [0.3, 0.4) is 0 Å². The number of aromatic nitrogens is 1. The Balaban J connectivity index is 2.90. The lowest BCUT2D eigenvalue weighted by Crippen LogP contribution is -2.15. The first-order valence-corrected chi connectivity index (χ1v) is 2.73. The summed E-state index contributed by atoms with van der Waals surface area (Å²) >= 11 is 0. The minimum atomic E-state index is -0.955. The van der Waals surface area contributed by atoms with Crippen molar-refractivity contribution in [2.24, 2.45) is 0 Å². The van der Waals surface area contributed by atoms with E-state index >= 15 is 0 Å². The molecule has 0 spiro atoms. The molecule has 0 amide bonds. The lowest BCUT2D eigenvalue weighted by molar-refractivity contribution is 0.0483. The number of rotatable bonds is 1. The predicted octanol–water partition coefficient (Wildman–Crippen LogP) is 0.902. The topological polar surface area (TPSA) is 46.3 Å². The van der Waals surface area contributed by atoms with Gasteiger partial charge in [-0.25, -0.2) is 4.98 Å². The average molecular weight is 127 g/mol. The first-order valence-electron chi connectivity index (χ1n) is 2.73. The summed E-state index contributed by atoms with van der Waals surface area (Å²) in [6.07, 6.45) is 2.95. The van der Waals surface area contributed by atoms with Crippen LogP contribution in [-0.2, 0) is 5.60 Å². The summed E-state index contributed by atoms with van der Waals surface area (Å²) in [6.45, 7) is 3.25. The fourth-order valence-electron chi connectivity index (χ4n) is 0.526. The van der Waals surface area contributed by atoms with Crippen molar-refractivity contribution in [3.63, 3.8) is 0 Å². The molecule has 0 unspecified atom stereocenters. The van der Waals surface area contributed by atoms with Gasteiger partial charge in [0, 0.05) is 0 Å². The van der Waals surface area contributed by atoms with Gasteiger partial charge in [0.1, 0.15) is 11.9 Å². The molecule has 0 saturated carbocycles. The fraction of sp³-hybridized carbons (Fsp3) is 0.500. The maximum absolute atomic E-state index is 9.22. The highest BCUT2D eigenvalue weighted by molar-refractivity contribution is 4.91. The van der Waals surface area contributed by atoms with Gasteiger partial charge in [0.2, 0.25) is 5.89 Å². The molecule has 1 rings (SSSR count). The zero-order valence-electron chi connectivity index (χ0n) is 5.46. The molecule has 0 aromatic carbocycles. The summed E-state index contributed by atoms with van der Waals surface area (Å²) in [6, 6.07) is 0. The van der Waals surface area contributed by atoms with Crippen molar-refractivity contribution in [3.8, 4) is 0 Å². The lowest BCUT2D eigenvalue weighted by Gasteiger charge is -2.10. The highest BCUT2D eigenvalue weighted by Gasteiger charge is 2.20. The van der Waals surface area contributed by atoms with E-state index in [1.165, 1.54) is 12.5 Å². The van der Waals surface area contributed by atoms with Gasteiger partial charge in [-0.3, -0.25) is 0 Å². The molecule has 3 nitrogen and oxygen atoms in total. The van der Waals surface area contributed by atoms with Crippen LogP contribution in [0, 0.1) is 0 Å². The maximum atomic E-state index is 9.22. The quantitative estimate of drug-likeness (QED) is 0.609. The minimum absolute atomic E-state index is 0.350. The third kappa shape index (κ3) is 1.29. The molecular weight excluding hydrogens is 118 g/mol. The molecule has 9 heavy (non-hydrogen) atoms. The first-order chi connectivity index (χ1) is 4.11. The van der Waals surface area contributed by atoms with Gasteiger partial charge in [-0.2, -0.15) is 0 Å². The highest BCUT2D eigenvalue weighted by Crippen LogP contribution is 2.15. The molecule has 0 atom stereocenters. The van der Waals surface area contributed by atoms with Gasteiger partial charge in [-0.05, 0) is 13.8 Å². The van der Waals surface area contributed by atoms with Crippen molar-refractivity contribution >= 4 is 0 Å². The highest BCUT2D eigenvalue weighted by atomic mass is 16.4. The van der Waals surface area contributed by atoms with E-state index in [1.54, 1.807) is 13.8 Å². The van der Waals surface area contributed by atoms with E-state index in [4.69, 9.17) is 4.42 Å². The number of aliphatic hydroxyl groups is 1. The van der Waals surface area contributed by atoms with E-state index in [1.807, 2.05) is 0 Å². The number of hydrogen-bond acceptors (Lipinski definition) is 3. The van der Waals surface area contributed by atoms with Crippen LogP contribution in [-0.4, -0.2) is 10.1 Å². The standard InChI is InChI=1S/C6H9NO2/c1-6(2,8)5-7-3-4-9-5/h3-4,8H,1-2H3. The number of hydrogen-bond donors (Lipinski definition) is 1. The van der Waals surface area contributed by atoms with Crippen molar-refractivity contribution in [1.82, 2.24) is 4.98 Å². The van der Waals surface area contributed by atoms with E-state index < -0.39 is 5.60 Å². The van der Waals surface area contributed by atoms with Gasteiger partial charge in [0.05, 0.1) is 6.20 Å². The molecule has 0 fully saturated rings. The van der Waals surface area contributed by atoms with Gasteiger partial charge >= 0.3 is 0 Å². The number of oxazole rings is 1. The maximum Gasteiger partial charge on any atom is 0.225 e. The van der Waals surface area contributed by atoms with E-state index in [0.29, 0.717) is 5.89 Å². The summed E-state index contributed by atoms with van der Waals surface area (Å²) in [5, 5.41) is 9.22. The zero-order valence-corrected chi connectivity index (χ0v) is 5.46. The van der Waals surface area contributed by atoms with Crippen LogP contribution < -0.4 is 0 Å². The monoisotopic (exact) mass is 127 g/mol. The third-order valence-corrected chi connectivity index (χ3v) is 0.956. The Bertz CT molecular complexity index is 173. The third-order valence-electron chi connectivity index (χ3n) is 0.956. The molecule has 0 saturated heterocycles. The van der Waals surface area contributed by atoms with E-state index in [0.717, 1.165) is 0 Å². The Kier molecular flexibility index (Phi) is 1.29. The molecule has 0 bridgehead atoms. The van der Waals surface area contributed by atoms with Crippen LogP contribution >= 0.6 is 0 Å². The molecule has 1 N–H and O–H groups in total. The molecule has 3 heteroatoms. The van der Waals surface area contributed by atoms with Crippen LogP contribution in [0.4, 0.5) is 0 Å². The molecule has 0 aliphatic heterocycles.